The molecule has 14 heteroatoms. The Morgan fingerprint density at radius 2 is 1.75 bits per heavy atom. The fraction of sp³-hybridized carbons (Fsp3) is 0.342. The standard InChI is InChI=1S/C38H42N4O8S2/c1-21(43)39-26-14-12-23-19-30(47-2)34(48-3)35(49-4)32(23)24-13-15-27(29(44)20-25(24)26)40-28(16-17-51-6)36(45)42-38-41-33(37(46)50-5)31(52-38)18-22-10-8-7-9-11-22/h7-11,13,15,19-20,26,28H,12,14,16-18H2,1-6H3,(H,39,43)(H,40,44)(H,41,42,45)/t26-,28-/m0/s1. The maximum absolute atomic E-state index is 14.0. The van der Waals surface area contributed by atoms with Crippen LogP contribution in [-0.2, 0) is 27.2 Å². The van der Waals surface area contributed by atoms with Crippen molar-refractivity contribution in [2.75, 3.05) is 51.1 Å². The molecule has 0 fully saturated rings. The summed E-state index contributed by atoms with van der Waals surface area (Å²) >= 11 is 2.76. The van der Waals surface area contributed by atoms with Gasteiger partial charge in [-0.25, -0.2) is 9.78 Å². The monoisotopic (exact) mass is 746 g/mol. The van der Waals surface area contributed by atoms with Crippen molar-refractivity contribution in [1.82, 2.24) is 10.3 Å². The highest BCUT2D eigenvalue weighted by Crippen LogP contribution is 2.50. The van der Waals surface area contributed by atoms with Gasteiger partial charge < -0.3 is 34.9 Å². The largest absolute Gasteiger partial charge is 0.493 e. The lowest BCUT2D eigenvalue weighted by Crippen LogP contribution is -2.36. The Labute approximate surface area is 310 Å². The molecule has 3 aromatic carbocycles. The van der Waals surface area contributed by atoms with Gasteiger partial charge in [0.1, 0.15) is 6.04 Å². The fourth-order valence-corrected chi connectivity index (χ4v) is 7.73. The van der Waals surface area contributed by atoms with Crippen molar-refractivity contribution >= 4 is 51.7 Å². The van der Waals surface area contributed by atoms with E-state index in [1.165, 1.54) is 38.5 Å². The number of methoxy groups -OCH3 is 4. The topological polar surface area (TPSA) is 154 Å². The number of hydrogen-bond donors (Lipinski definition) is 3. The van der Waals surface area contributed by atoms with Gasteiger partial charge in [0.05, 0.1) is 40.2 Å². The number of nitrogens with one attached hydrogen (secondary N) is 3. The van der Waals surface area contributed by atoms with Gasteiger partial charge in [0, 0.05) is 23.8 Å². The van der Waals surface area contributed by atoms with Crippen LogP contribution < -0.4 is 35.6 Å². The zero-order valence-corrected chi connectivity index (χ0v) is 31.5. The van der Waals surface area contributed by atoms with E-state index in [0.717, 1.165) is 16.7 Å². The molecule has 1 aliphatic carbocycles. The number of benzene rings is 2. The summed E-state index contributed by atoms with van der Waals surface area (Å²) in [5.74, 6) is 0.706. The first-order chi connectivity index (χ1) is 25.1. The van der Waals surface area contributed by atoms with E-state index >= 15 is 0 Å². The molecule has 0 saturated carbocycles. The Morgan fingerprint density at radius 3 is 2.40 bits per heavy atom. The van der Waals surface area contributed by atoms with Crippen LogP contribution in [0.25, 0.3) is 11.1 Å². The fourth-order valence-electron chi connectivity index (χ4n) is 6.27. The van der Waals surface area contributed by atoms with Gasteiger partial charge in [0.25, 0.3) is 0 Å². The van der Waals surface area contributed by atoms with Crippen LogP contribution >= 0.6 is 23.1 Å². The predicted molar refractivity (Wildman–Crippen MR) is 204 cm³/mol. The van der Waals surface area contributed by atoms with Crippen molar-refractivity contribution in [3.8, 4) is 28.4 Å². The van der Waals surface area contributed by atoms with Gasteiger partial charge >= 0.3 is 5.97 Å². The lowest BCUT2D eigenvalue weighted by molar-refractivity contribution is -0.120. The first-order valence-electron chi connectivity index (χ1n) is 16.6. The van der Waals surface area contributed by atoms with Crippen molar-refractivity contribution in [3.63, 3.8) is 0 Å². The highest BCUT2D eigenvalue weighted by atomic mass is 32.2. The number of carbonyl (C=O) groups excluding carboxylic acids is 3. The highest BCUT2D eigenvalue weighted by Gasteiger charge is 2.30. The lowest BCUT2D eigenvalue weighted by atomic mass is 9.95. The van der Waals surface area contributed by atoms with Gasteiger partial charge in [-0.3, -0.25) is 14.4 Å². The molecule has 1 aromatic heterocycles. The second-order valence-corrected chi connectivity index (χ2v) is 14.1. The zero-order valence-electron chi connectivity index (χ0n) is 29.9. The van der Waals surface area contributed by atoms with Crippen LogP contribution in [0, 0.1) is 0 Å². The van der Waals surface area contributed by atoms with E-state index in [1.54, 1.807) is 38.1 Å². The molecule has 2 amide bonds. The number of esters is 1. The van der Waals surface area contributed by atoms with E-state index in [-0.39, 0.29) is 27.8 Å². The van der Waals surface area contributed by atoms with Gasteiger partial charge in [-0.05, 0) is 71.7 Å². The molecule has 4 aromatic rings. The molecule has 1 heterocycles. The molecule has 3 N–H and O–H groups in total. The van der Waals surface area contributed by atoms with E-state index in [4.69, 9.17) is 18.9 Å². The van der Waals surface area contributed by atoms with Gasteiger partial charge in [0.15, 0.2) is 22.3 Å². The van der Waals surface area contributed by atoms with E-state index in [9.17, 15) is 19.2 Å². The van der Waals surface area contributed by atoms with Crippen molar-refractivity contribution < 1.29 is 33.3 Å². The second-order valence-electron chi connectivity index (χ2n) is 12.0. The van der Waals surface area contributed by atoms with Crippen molar-refractivity contribution in [3.05, 3.63) is 92.1 Å². The summed E-state index contributed by atoms with van der Waals surface area (Å²) in [7, 11) is 5.91. The van der Waals surface area contributed by atoms with E-state index in [1.807, 2.05) is 42.7 Å². The molecule has 2 atom stereocenters. The summed E-state index contributed by atoms with van der Waals surface area (Å²) in [5.41, 5.74) is 3.83. The van der Waals surface area contributed by atoms with Crippen molar-refractivity contribution in [1.29, 1.82) is 0 Å². The summed E-state index contributed by atoms with van der Waals surface area (Å²) in [6.07, 6.45) is 3.83. The Balaban J connectivity index is 1.53. The Morgan fingerprint density at radius 1 is 1.00 bits per heavy atom. The van der Waals surface area contributed by atoms with Crippen LogP contribution in [0.1, 0.15) is 57.9 Å². The second kappa shape index (κ2) is 17.4. The minimum Gasteiger partial charge on any atom is -0.493 e. The van der Waals surface area contributed by atoms with Crippen molar-refractivity contribution in [2.24, 2.45) is 0 Å². The van der Waals surface area contributed by atoms with Crippen LogP contribution in [0.3, 0.4) is 0 Å². The van der Waals surface area contributed by atoms with Crippen LogP contribution in [-0.4, -0.2) is 69.3 Å². The van der Waals surface area contributed by atoms with Gasteiger partial charge in [-0.15, -0.1) is 11.3 Å². The van der Waals surface area contributed by atoms with Crippen LogP contribution in [0.15, 0.2) is 59.4 Å². The number of thioether (sulfide) groups is 1. The first-order valence-corrected chi connectivity index (χ1v) is 18.8. The molecule has 1 aliphatic rings. The third kappa shape index (κ3) is 8.51. The number of hydrogen-bond acceptors (Lipinski definition) is 12. The number of fused-ring (bicyclic) bond motifs is 3. The van der Waals surface area contributed by atoms with Crippen LogP contribution in [0.5, 0.6) is 17.2 Å². The third-order valence-corrected chi connectivity index (χ3v) is 10.3. The minimum atomic E-state index is -0.831. The number of anilines is 2. The van der Waals surface area contributed by atoms with E-state index in [2.05, 4.69) is 20.9 Å². The maximum Gasteiger partial charge on any atom is 0.357 e. The van der Waals surface area contributed by atoms with Gasteiger partial charge in [-0.2, -0.15) is 11.8 Å². The Bertz CT molecular complexity index is 2000. The Hall–Kier alpha value is -5.08. The molecular weight excluding hydrogens is 705 g/mol. The lowest BCUT2D eigenvalue weighted by Gasteiger charge is -2.19. The molecule has 12 nitrogen and oxygen atoms in total. The van der Waals surface area contributed by atoms with E-state index in [0.29, 0.717) is 64.7 Å². The summed E-state index contributed by atoms with van der Waals surface area (Å²) in [5, 5.41) is 9.30. The average molecular weight is 747 g/mol. The molecule has 52 heavy (non-hydrogen) atoms. The van der Waals surface area contributed by atoms with Gasteiger partial charge in [0.2, 0.25) is 23.0 Å². The predicted octanol–water partition coefficient (Wildman–Crippen LogP) is 5.87. The maximum atomic E-state index is 14.0. The molecule has 0 radical (unpaired) electrons. The SMILES string of the molecule is COC(=O)c1nc(NC(=O)[C@H](CCSC)Nc2ccc3c(cc2=O)[C@@H](NC(C)=O)CCc2cc(OC)c(OC)c(OC)c2-3)sc1Cc1ccccc1. The zero-order chi connectivity index (χ0) is 37.4. The van der Waals surface area contributed by atoms with E-state index < -0.39 is 24.0 Å². The Kier molecular flexibility index (Phi) is 12.8. The molecular formula is C38H42N4O8S2. The number of nitrogens with zero attached hydrogens (tertiary/aromatic N) is 1. The molecule has 0 aliphatic heterocycles. The first kappa shape index (κ1) is 38.2. The number of aryl methyl sites for hydroxylation is 1. The molecule has 0 saturated heterocycles. The van der Waals surface area contributed by atoms with Gasteiger partial charge in [-0.1, -0.05) is 36.4 Å². The summed E-state index contributed by atoms with van der Waals surface area (Å²) in [6.45, 7) is 1.44. The smallest absolute Gasteiger partial charge is 0.357 e. The van der Waals surface area contributed by atoms with Crippen LogP contribution in [0.4, 0.5) is 10.8 Å². The quantitative estimate of drug-likeness (QED) is 0.133. The minimum absolute atomic E-state index is 0.136. The summed E-state index contributed by atoms with van der Waals surface area (Å²) in [6, 6.07) is 15.2. The van der Waals surface area contributed by atoms with Crippen LogP contribution in [0.2, 0.25) is 0 Å². The van der Waals surface area contributed by atoms with Crippen molar-refractivity contribution in [2.45, 2.75) is 44.7 Å². The molecule has 5 rings (SSSR count). The number of carbonyl (C=O) groups is 3. The number of aromatic nitrogens is 1. The summed E-state index contributed by atoms with van der Waals surface area (Å²) in [4.78, 5) is 57.9. The molecule has 0 unspecified atom stereocenters. The summed E-state index contributed by atoms with van der Waals surface area (Å²) < 4.78 is 22.2. The highest BCUT2D eigenvalue weighted by molar-refractivity contribution is 7.98. The third-order valence-electron chi connectivity index (χ3n) is 8.69. The number of ether oxygens (including phenoxy) is 4. The average Bonchev–Trinajstić information content (AvgIpc) is 3.38. The molecule has 0 spiro atoms. The normalized spacial score (nSPS) is 13.8. The number of thiazole rings is 1. The number of rotatable bonds is 14. The molecule has 0 bridgehead atoms. The number of amides is 2. The molecule has 274 valence electrons.